The van der Waals surface area contributed by atoms with Crippen LogP contribution in [0.4, 0.5) is 8.78 Å². The Morgan fingerprint density at radius 3 is 1.41 bits per heavy atom. The van der Waals surface area contributed by atoms with Gasteiger partial charge in [0.15, 0.2) is 0 Å². The number of aromatic nitrogens is 10. The number of fused-ring (bicyclic) bond motifs is 2. The highest BCUT2D eigenvalue weighted by molar-refractivity contribution is 7.21. The average Bonchev–Trinajstić information content (AvgIpc) is 1.71. The van der Waals surface area contributed by atoms with Crippen molar-refractivity contribution in [1.82, 2.24) is 48.3 Å². The number of halogens is 2. The number of aliphatic hydroxyl groups excluding tert-OH is 1. The summed E-state index contributed by atoms with van der Waals surface area (Å²) in [4.78, 5) is 85.0. The number of nitrogens with zero attached hydrogens (tertiary/aromatic N) is 10. The highest BCUT2D eigenvalue weighted by Gasteiger charge is 2.39. The van der Waals surface area contributed by atoms with Crippen molar-refractivity contribution in [2.75, 3.05) is 47.6 Å². The van der Waals surface area contributed by atoms with Gasteiger partial charge in [0.1, 0.15) is 72.7 Å². The van der Waals surface area contributed by atoms with Crippen molar-refractivity contribution in [2.24, 2.45) is 11.5 Å². The molecule has 0 amide bonds. The first-order chi connectivity index (χ1) is 40.6. The lowest BCUT2D eigenvalue weighted by Crippen LogP contribution is -2.53. The van der Waals surface area contributed by atoms with Gasteiger partial charge in [0.25, 0.3) is 11.1 Å². The molecular formula is C56H64F2N12O13S2. The number of esters is 1. The summed E-state index contributed by atoms with van der Waals surface area (Å²) in [5, 5.41) is 34.9. The standard InChI is InChI=1S/C31H33FN6O6S.C24H27FN6O6S.CH4O/c1-19-25-26(39)37(31(2,3)29(40)44-18-20-8-6-5-7-9-20)30(41)36(28(25)45-27(19)38-34-13-14-35-38)17-24(43-15-12-33)22-16-21(32)10-11-23(22)42-4;1-13-18-19(32)30(24(2,3)22(33)34)23(35)29(21(18)38-20(13)31-27-8-9-28-31)12-17(37-10-7-26)15-11-14(25)5-6-16(15)36-4;1-2/h5-11,13-14,16,24H,12,15,17-18,33H2,1-4H3;5-6,8-9,11,17H,7,10,12,26H2,1-4H3,(H,33,34);2H,1H3/t24-;17-;/m00./s1. The molecule has 2 atom stereocenters. The van der Waals surface area contributed by atoms with Crippen LogP contribution in [0.2, 0.25) is 0 Å². The van der Waals surface area contributed by atoms with E-state index in [1.807, 2.05) is 18.2 Å². The van der Waals surface area contributed by atoms with Gasteiger partial charge in [-0.05, 0) is 83.5 Å². The summed E-state index contributed by atoms with van der Waals surface area (Å²) in [5.74, 6) is -2.56. The van der Waals surface area contributed by atoms with E-state index in [1.165, 1.54) is 122 Å². The molecule has 85 heavy (non-hydrogen) atoms. The summed E-state index contributed by atoms with van der Waals surface area (Å²) in [5.41, 5.74) is 7.09. The summed E-state index contributed by atoms with van der Waals surface area (Å²) in [6.45, 7) is 8.89. The predicted octanol–water partition coefficient (Wildman–Crippen LogP) is 4.86. The Balaban J connectivity index is 0.000000240. The summed E-state index contributed by atoms with van der Waals surface area (Å²) in [6.07, 6.45) is 4.07. The number of aryl methyl sites for hydroxylation is 2. The van der Waals surface area contributed by atoms with Crippen LogP contribution >= 0.6 is 22.7 Å². The average molecular weight is 1220 g/mol. The van der Waals surface area contributed by atoms with Gasteiger partial charge >= 0.3 is 23.3 Å². The molecule has 0 aliphatic rings. The van der Waals surface area contributed by atoms with Gasteiger partial charge in [0, 0.05) is 42.5 Å². The number of rotatable bonds is 22. The van der Waals surface area contributed by atoms with Crippen LogP contribution in [0.1, 0.15) is 67.7 Å². The monoisotopic (exact) mass is 1210 g/mol. The van der Waals surface area contributed by atoms with Crippen molar-refractivity contribution >= 4 is 55.0 Å². The van der Waals surface area contributed by atoms with Gasteiger partial charge in [-0.2, -0.15) is 20.4 Å². The third-order valence-corrected chi connectivity index (χ3v) is 16.1. The largest absolute Gasteiger partial charge is 0.496 e. The minimum Gasteiger partial charge on any atom is -0.496 e. The lowest BCUT2D eigenvalue weighted by Gasteiger charge is -2.27. The van der Waals surface area contributed by atoms with Gasteiger partial charge in [0.2, 0.25) is 0 Å². The van der Waals surface area contributed by atoms with Crippen LogP contribution in [0, 0.1) is 25.5 Å². The maximum Gasteiger partial charge on any atom is 0.333 e. The zero-order valence-corrected chi connectivity index (χ0v) is 49.5. The number of hydrogen-bond acceptors (Lipinski definition) is 20. The van der Waals surface area contributed by atoms with Crippen molar-refractivity contribution < 1.29 is 52.3 Å². The molecule has 9 rings (SSSR count). The predicted molar refractivity (Wildman–Crippen MR) is 312 cm³/mol. The number of thiophene rings is 2. The zero-order chi connectivity index (χ0) is 62.1. The molecule has 0 aliphatic carbocycles. The number of nitrogens with two attached hydrogens (primary N) is 2. The molecule has 0 saturated heterocycles. The minimum absolute atomic E-state index is 0.0464. The van der Waals surface area contributed by atoms with Crippen molar-refractivity contribution in [3.8, 4) is 21.5 Å². The number of carbonyl (C=O) groups excluding carboxylic acids is 1. The van der Waals surface area contributed by atoms with Crippen LogP contribution in [-0.2, 0) is 54.6 Å². The van der Waals surface area contributed by atoms with Crippen molar-refractivity contribution in [2.45, 2.75) is 84.5 Å². The normalized spacial score (nSPS) is 12.3. The maximum atomic E-state index is 14.5. The van der Waals surface area contributed by atoms with E-state index >= 15 is 0 Å². The second-order valence-corrected chi connectivity index (χ2v) is 21.6. The van der Waals surface area contributed by atoms with Crippen LogP contribution in [0.3, 0.4) is 0 Å². The minimum atomic E-state index is -1.88. The lowest BCUT2D eigenvalue weighted by molar-refractivity contribution is -0.154. The highest BCUT2D eigenvalue weighted by Crippen LogP contribution is 2.37. The van der Waals surface area contributed by atoms with Crippen LogP contribution in [0.15, 0.2) is 111 Å². The zero-order valence-electron chi connectivity index (χ0n) is 47.8. The van der Waals surface area contributed by atoms with Crippen LogP contribution < -0.4 is 43.4 Å². The number of carboxylic acids is 1. The quantitative estimate of drug-likeness (QED) is 0.0658. The van der Waals surface area contributed by atoms with Crippen molar-refractivity contribution in [3.63, 3.8) is 0 Å². The molecular weight excluding hydrogens is 1150 g/mol. The molecule has 25 nitrogen and oxygen atoms in total. The van der Waals surface area contributed by atoms with E-state index < -0.39 is 69.4 Å². The topological polar surface area (TPSA) is 322 Å². The number of aliphatic hydroxyl groups is 1. The number of hydrogen-bond donors (Lipinski definition) is 4. The Hall–Kier alpha value is -8.58. The first-order valence-corrected chi connectivity index (χ1v) is 27.8. The molecule has 0 radical (unpaired) electrons. The van der Waals surface area contributed by atoms with E-state index in [2.05, 4.69) is 20.4 Å². The molecule has 0 spiro atoms. The van der Waals surface area contributed by atoms with Gasteiger partial charge in [0.05, 0.1) is 76.1 Å². The number of ether oxygens (including phenoxy) is 5. The Labute approximate surface area is 491 Å². The molecule has 0 aliphatic heterocycles. The van der Waals surface area contributed by atoms with Crippen LogP contribution in [0.5, 0.6) is 11.5 Å². The van der Waals surface area contributed by atoms with Crippen LogP contribution in [-0.4, -0.2) is 118 Å². The van der Waals surface area contributed by atoms with E-state index in [0.717, 1.165) is 39.9 Å². The molecule has 0 saturated carbocycles. The third-order valence-electron chi connectivity index (χ3n) is 13.6. The Morgan fingerprint density at radius 1 is 0.635 bits per heavy atom. The summed E-state index contributed by atoms with van der Waals surface area (Å²) < 4.78 is 61.4. The van der Waals surface area contributed by atoms with E-state index in [4.69, 9.17) is 40.3 Å². The van der Waals surface area contributed by atoms with Gasteiger partial charge in [-0.15, -0.1) is 9.59 Å². The van der Waals surface area contributed by atoms with Gasteiger partial charge < -0.3 is 45.4 Å². The molecule has 0 fully saturated rings. The Morgan fingerprint density at radius 2 is 1.04 bits per heavy atom. The van der Waals surface area contributed by atoms with Gasteiger partial charge in [-0.3, -0.25) is 18.7 Å². The lowest BCUT2D eigenvalue weighted by atomic mass is 10.0. The molecule has 3 aromatic carbocycles. The van der Waals surface area contributed by atoms with E-state index in [1.54, 1.807) is 26.0 Å². The number of carboxylic acid groups (broad SMARTS) is 1. The van der Waals surface area contributed by atoms with Crippen molar-refractivity contribution in [1.29, 1.82) is 0 Å². The van der Waals surface area contributed by atoms with Crippen molar-refractivity contribution in [3.05, 3.63) is 173 Å². The van der Waals surface area contributed by atoms with Gasteiger partial charge in [-0.25, -0.2) is 37.1 Å². The maximum absolute atomic E-state index is 14.5. The SMILES string of the molecule is CO.COc1ccc(F)cc1[C@H](Cn1c(=O)n(C(C)(C)C(=O)O)c(=O)c2c(C)c(-n3nccn3)sc21)OCCN.COc1ccc(F)cc1[C@H](Cn1c(=O)n(C(C)(C)C(=O)OCc2ccccc2)c(=O)c2c(C)c(-n3nccn3)sc21)OCCN. The molecule has 9 aromatic rings. The molecule has 6 N–H and O–H groups in total. The fraction of sp³-hybridized carbons (Fsp3) is 0.357. The molecule has 6 aromatic heterocycles. The molecule has 0 bridgehead atoms. The summed E-state index contributed by atoms with van der Waals surface area (Å²) in [6, 6.07) is 16.9. The smallest absolute Gasteiger partial charge is 0.333 e. The molecule has 452 valence electrons. The summed E-state index contributed by atoms with van der Waals surface area (Å²) >= 11 is 2.22. The number of benzene rings is 3. The number of aliphatic carboxylic acids is 1. The number of methoxy groups -OCH3 is 2. The van der Waals surface area contributed by atoms with E-state index in [0.29, 0.717) is 53.2 Å². The fourth-order valence-electron chi connectivity index (χ4n) is 9.23. The highest BCUT2D eigenvalue weighted by atomic mass is 32.1. The van der Waals surface area contributed by atoms with Crippen LogP contribution in [0.25, 0.3) is 30.4 Å². The second-order valence-electron chi connectivity index (χ2n) is 19.7. The number of carbonyl (C=O) groups is 2. The molecule has 0 unspecified atom stereocenters. The molecule has 29 heteroatoms. The van der Waals surface area contributed by atoms with E-state index in [9.17, 15) is 42.7 Å². The molecule has 6 heterocycles. The fourth-order valence-corrected chi connectivity index (χ4v) is 11.7. The van der Waals surface area contributed by atoms with E-state index in [-0.39, 0.29) is 61.6 Å². The second kappa shape index (κ2) is 27.4. The third kappa shape index (κ3) is 13.1. The Bertz CT molecular complexity index is 4060. The first kappa shape index (κ1) is 64.0. The van der Waals surface area contributed by atoms with Gasteiger partial charge in [-0.1, -0.05) is 53.0 Å². The Kier molecular flexibility index (Phi) is 20.6. The first-order valence-electron chi connectivity index (χ1n) is 26.1. The summed E-state index contributed by atoms with van der Waals surface area (Å²) in [7, 11) is 3.86.